The summed E-state index contributed by atoms with van der Waals surface area (Å²) >= 11 is 0. The molecule has 1 amide bonds. The second-order valence-corrected chi connectivity index (χ2v) is 13.6. The molecule has 2 aliphatic rings. The lowest BCUT2D eigenvalue weighted by Crippen LogP contribution is -2.34. The van der Waals surface area contributed by atoms with Crippen LogP contribution in [0.25, 0.3) is 12.2 Å². The van der Waals surface area contributed by atoms with Crippen LogP contribution in [0.15, 0.2) is 12.1 Å². The number of hydrogen-bond donors (Lipinski definition) is 1. The van der Waals surface area contributed by atoms with E-state index in [9.17, 15) is 9.59 Å². The Morgan fingerprint density at radius 1 is 0.976 bits per heavy atom. The third-order valence-corrected chi connectivity index (χ3v) is 8.59. The molecule has 2 atom stereocenters. The minimum absolute atomic E-state index is 0.0202. The average molecular weight is 581 g/mol. The molecule has 3 rings (SSSR count). The topological polar surface area (TPSA) is 64.6 Å². The molecule has 0 saturated heterocycles. The highest BCUT2D eigenvalue weighted by atomic mass is 16.6. The van der Waals surface area contributed by atoms with Crippen molar-refractivity contribution in [1.29, 1.82) is 0 Å². The van der Waals surface area contributed by atoms with Crippen molar-refractivity contribution in [3.63, 3.8) is 0 Å². The second kappa shape index (κ2) is 17.8. The SMILES string of the molecule is C[CH+]c1c(C(=O)NCCOCC2CC2)ccc(=C\CCC)/c1=C\CCCCC1CCCC(CC(=O)OC(C)(C)C)CC1. The molecule has 2 unspecified atom stereocenters. The van der Waals surface area contributed by atoms with E-state index < -0.39 is 5.60 Å². The molecule has 0 radical (unpaired) electrons. The highest BCUT2D eigenvalue weighted by Crippen LogP contribution is 2.32. The summed E-state index contributed by atoms with van der Waals surface area (Å²) in [7, 11) is 0. The number of hydrogen-bond acceptors (Lipinski definition) is 4. The fourth-order valence-electron chi connectivity index (χ4n) is 6.13. The van der Waals surface area contributed by atoms with Crippen LogP contribution in [0.5, 0.6) is 0 Å². The van der Waals surface area contributed by atoms with Gasteiger partial charge in [0.05, 0.1) is 11.8 Å². The first-order valence-electron chi connectivity index (χ1n) is 16.9. The molecule has 1 N–H and O–H groups in total. The zero-order valence-electron chi connectivity index (χ0n) is 27.3. The minimum atomic E-state index is -0.399. The summed E-state index contributed by atoms with van der Waals surface area (Å²) < 4.78 is 11.3. The first kappa shape index (κ1) is 34.2. The van der Waals surface area contributed by atoms with Crippen LogP contribution in [0, 0.1) is 24.2 Å². The second-order valence-electron chi connectivity index (χ2n) is 13.6. The maximum Gasteiger partial charge on any atom is 0.308 e. The van der Waals surface area contributed by atoms with E-state index in [1.165, 1.54) is 55.4 Å². The van der Waals surface area contributed by atoms with E-state index >= 15 is 0 Å². The number of ether oxygens (including phenoxy) is 2. The van der Waals surface area contributed by atoms with Gasteiger partial charge < -0.3 is 14.8 Å². The fraction of sp³-hybridized carbons (Fsp3) is 0.703. The smallest absolute Gasteiger partial charge is 0.308 e. The minimum Gasteiger partial charge on any atom is -0.460 e. The quantitative estimate of drug-likeness (QED) is 0.0967. The van der Waals surface area contributed by atoms with Crippen LogP contribution in [0.4, 0.5) is 0 Å². The van der Waals surface area contributed by atoms with Crippen LogP contribution in [0.3, 0.4) is 0 Å². The van der Waals surface area contributed by atoms with Gasteiger partial charge in [0, 0.05) is 44.2 Å². The van der Waals surface area contributed by atoms with Gasteiger partial charge >= 0.3 is 11.9 Å². The fourth-order valence-corrected chi connectivity index (χ4v) is 6.13. The molecule has 0 aromatic heterocycles. The number of carbonyl (C=O) groups is 2. The normalized spacial score (nSPS) is 20.3. The molecule has 1 aromatic rings. The highest BCUT2D eigenvalue weighted by molar-refractivity contribution is 5.96. The predicted molar refractivity (Wildman–Crippen MR) is 173 cm³/mol. The maximum absolute atomic E-state index is 13.1. The maximum atomic E-state index is 13.1. The molecule has 234 valence electrons. The highest BCUT2D eigenvalue weighted by Gasteiger charge is 2.24. The number of unbranched alkanes of at least 4 members (excludes halogenated alkanes) is 3. The Morgan fingerprint density at radius 3 is 2.43 bits per heavy atom. The summed E-state index contributed by atoms with van der Waals surface area (Å²) in [6, 6.07) is 4.10. The van der Waals surface area contributed by atoms with Crippen molar-refractivity contribution in [2.24, 2.45) is 17.8 Å². The molecular formula is C37H58NO4+. The summed E-state index contributed by atoms with van der Waals surface area (Å²) in [5.41, 5.74) is 1.39. The van der Waals surface area contributed by atoms with Gasteiger partial charge in [-0.05, 0) is 95.6 Å². The monoisotopic (exact) mass is 580 g/mol. The van der Waals surface area contributed by atoms with Gasteiger partial charge in [-0.25, -0.2) is 0 Å². The molecule has 5 nitrogen and oxygen atoms in total. The van der Waals surface area contributed by atoms with Gasteiger partial charge in [-0.3, -0.25) is 9.59 Å². The number of rotatable bonds is 16. The van der Waals surface area contributed by atoms with E-state index in [1.54, 1.807) is 0 Å². The van der Waals surface area contributed by atoms with Gasteiger partial charge in [0.2, 0.25) is 0 Å². The Labute approximate surface area is 255 Å². The van der Waals surface area contributed by atoms with Crippen molar-refractivity contribution in [3.8, 4) is 0 Å². The predicted octanol–water partition coefficient (Wildman–Crippen LogP) is 7.27. The van der Waals surface area contributed by atoms with E-state index in [0.29, 0.717) is 25.5 Å². The van der Waals surface area contributed by atoms with Crippen LogP contribution in [-0.2, 0) is 14.3 Å². The van der Waals surface area contributed by atoms with Gasteiger partial charge in [0.25, 0.3) is 0 Å². The van der Waals surface area contributed by atoms with E-state index in [2.05, 4.69) is 36.9 Å². The van der Waals surface area contributed by atoms with Gasteiger partial charge in [-0.2, -0.15) is 0 Å². The number of nitrogens with one attached hydrogen (secondary N) is 1. The van der Waals surface area contributed by atoms with Crippen molar-refractivity contribution >= 4 is 24.0 Å². The molecule has 2 saturated carbocycles. The largest absolute Gasteiger partial charge is 0.460 e. The molecule has 0 bridgehead atoms. The van der Waals surface area contributed by atoms with Crippen LogP contribution in [-0.4, -0.2) is 37.2 Å². The average Bonchev–Trinajstić information content (AvgIpc) is 3.78. The molecule has 0 heterocycles. The Morgan fingerprint density at radius 2 is 1.71 bits per heavy atom. The van der Waals surface area contributed by atoms with E-state index in [0.717, 1.165) is 68.1 Å². The lowest BCUT2D eigenvalue weighted by molar-refractivity contribution is -0.156. The molecule has 42 heavy (non-hydrogen) atoms. The lowest BCUT2D eigenvalue weighted by atomic mass is 9.92. The van der Waals surface area contributed by atoms with Crippen molar-refractivity contribution in [3.05, 3.63) is 40.1 Å². The molecule has 2 fully saturated rings. The first-order chi connectivity index (χ1) is 20.2. The molecule has 0 spiro atoms. The van der Waals surface area contributed by atoms with Gasteiger partial charge in [-0.15, -0.1) is 0 Å². The third kappa shape index (κ3) is 12.5. The van der Waals surface area contributed by atoms with Gasteiger partial charge in [0.1, 0.15) is 11.2 Å². The lowest BCUT2D eigenvalue weighted by Gasteiger charge is -2.21. The Balaban J connectivity index is 1.53. The summed E-state index contributed by atoms with van der Waals surface area (Å²) in [4.78, 5) is 25.4. The Bertz CT molecular complexity index is 1100. The van der Waals surface area contributed by atoms with E-state index in [1.807, 2.05) is 33.8 Å². The number of carbonyl (C=O) groups excluding carboxylic acids is 2. The van der Waals surface area contributed by atoms with Gasteiger partial charge in [0.15, 0.2) is 5.56 Å². The number of amides is 1. The number of benzene rings is 1. The third-order valence-electron chi connectivity index (χ3n) is 8.59. The summed E-state index contributed by atoms with van der Waals surface area (Å²) in [5, 5.41) is 5.49. The van der Waals surface area contributed by atoms with Crippen LogP contribution >= 0.6 is 0 Å². The van der Waals surface area contributed by atoms with Crippen molar-refractivity contribution in [1.82, 2.24) is 5.32 Å². The van der Waals surface area contributed by atoms with Crippen molar-refractivity contribution in [2.45, 2.75) is 130 Å². The van der Waals surface area contributed by atoms with Crippen LogP contribution in [0.1, 0.15) is 140 Å². The van der Waals surface area contributed by atoms with Crippen LogP contribution < -0.4 is 15.8 Å². The molecule has 5 heteroatoms. The standard InChI is InChI=1S/C37H57NO4/c1-6-8-16-31-22-23-34(36(40)38-24-25-41-27-30-20-21-30)32(7-2)33(31)17-11-9-10-13-28-14-12-15-29(19-18-28)26-35(39)42-37(3,4)5/h7,16-17,22-23,28-30H,6,8-15,18-21,24-27H2,1-5H3/p+1/b31-16+,33-17+. The molecule has 0 aliphatic heterocycles. The van der Waals surface area contributed by atoms with E-state index in [-0.39, 0.29) is 11.9 Å². The molecule has 1 aromatic carbocycles. The molecule has 2 aliphatic carbocycles. The zero-order chi connectivity index (χ0) is 30.4. The first-order valence-corrected chi connectivity index (χ1v) is 16.9. The summed E-state index contributed by atoms with van der Waals surface area (Å²) in [6.07, 6.45) is 22.7. The Kier molecular flexibility index (Phi) is 14.5. The Hall–Kier alpha value is -2.27. The zero-order valence-corrected chi connectivity index (χ0v) is 27.3. The molecular weight excluding hydrogens is 522 g/mol. The number of esters is 1. The summed E-state index contributed by atoms with van der Waals surface area (Å²) in [6.45, 7) is 12.0. The van der Waals surface area contributed by atoms with Crippen molar-refractivity contribution in [2.75, 3.05) is 19.8 Å². The van der Waals surface area contributed by atoms with Crippen molar-refractivity contribution < 1.29 is 19.1 Å². The summed E-state index contributed by atoms with van der Waals surface area (Å²) in [5.74, 6) is 1.91. The van der Waals surface area contributed by atoms with E-state index in [4.69, 9.17) is 9.47 Å². The van der Waals surface area contributed by atoms with Crippen LogP contribution in [0.2, 0.25) is 0 Å². The van der Waals surface area contributed by atoms with Gasteiger partial charge in [-0.1, -0.05) is 51.5 Å².